The van der Waals surface area contributed by atoms with Gasteiger partial charge in [0, 0.05) is 17.3 Å². The van der Waals surface area contributed by atoms with E-state index in [9.17, 15) is 4.79 Å². The molecule has 1 N–H and O–H groups in total. The summed E-state index contributed by atoms with van der Waals surface area (Å²) in [5.74, 6) is 1.16. The van der Waals surface area contributed by atoms with Crippen LogP contribution in [0.2, 0.25) is 0 Å². The second kappa shape index (κ2) is 14.0. The molecule has 0 aliphatic heterocycles. The third-order valence-electron chi connectivity index (χ3n) is 5.33. The highest BCUT2D eigenvalue weighted by molar-refractivity contribution is 6.01. The normalized spacial score (nSPS) is 10.2. The largest absolute Gasteiger partial charge is 0.497 e. The number of unbranched alkanes of at least 4 members (excludes halogenated alkanes) is 4. The Balaban J connectivity index is 0.000000479. The lowest BCUT2D eigenvalue weighted by Gasteiger charge is -2.09. The Bertz CT molecular complexity index is 955. The number of benzene rings is 2. The number of nitrogens with one attached hydrogen (secondary N) is 1. The second-order valence-electron chi connectivity index (χ2n) is 7.69. The predicted octanol–water partition coefficient (Wildman–Crippen LogP) is 7.52. The fourth-order valence-electron chi connectivity index (χ4n) is 3.55. The van der Waals surface area contributed by atoms with Gasteiger partial charge in [0.2, 0.25) is 0 Å². The molecular formula is C28H37NO4. The van der Waals surface area contributed by atoms with E-state index in [1.807, 2.05) is 61.7 Å². The van der Waals surface area contributed by atoms with Crippen LogP contribution in [0.1, 0.15) is 63.4 Å². The lowest BCUT2D eigenvalue weighted by Crippen LogP contribution is -2.03. The highest BCUT2D eigenvalue weighted by Crippen LogP contribution is 2.36. The Morgan fingerprint density at radius 3 is 1.88 bits per heavy atom. The molecule has 0 unspecified atom stereocenters. The van der Waals surface area contributed by atoms with Gasteiger partial charge in [-0.3, -0.25) is 0 Å². The van der Waals surface area contributed by atoms with Gasteiger partial charge in [-0.15, -0.1) is 0 Å². The van der Waals surface area contributed by atoms with Gasteiger partial charge < -0.3 is 19.2 Å². The van der Waals surface area contributed by atoms with E-state index in [0.717, 1.165) is 33.8 Å². The third-order valence-corrected chi connectivity index (χ3v) is 5.33. The summed E-state index contributed by atoms with van der Waals surface area (Å²) in [5, 5.41) is 0. The maximum absolute atomic E-state index is 12.2. The van der Waals surface area contributed by atoms with Gasteiger partial charge in [-0.2, -0.15) is 0 Å². The van der Waals surface area contributed by atoms with Gasteiger partial charge in [0.05, 0.1) is 20.8 Å². The maximum Gasteiger partial charge on any atom is 0.355 e. The quantitative estimate of drug-likeness (QED) is 0.256. The minimum atomic E-state index is -0.409. The first-order valence-electron chi connectivity index (χ1n) is 11.8. The molecule has 0 atom stereocenters. The summed E-state index contributed by atoms with van der Waals surface area (Å²) < 4.78 is 15.7. The Morgan fingerprint density at radius 1 is 0.788 bits per heavy atom. The number of aromatic nitrogens is 1. The standard InChI is InChI=1S/C21H21NO4.C7H16/c1-4-26-17-11-7-15(8-12-17)19-18(13-22-20(19)21(23)25-3)14-5-9-16(24-2)10-6-14;1-3-5-7-6-4-2/h5-13,22H,4H2,1-3H3;3-7H2,1-2H3. The van der Waals surface area contributed by atoms with Gasteiger partial charge in [0.15, 0.2) is 0 Å². The molecule has 0 radical (unpaired) electrons. The first kappa shape index (κ1) is 26.0. The van der Waals surface area contributed by atoms with Crippen molar-refractivity contribution in [2.45, 2.75) is 52.9 Å². The number of hydrogen-bond donors (Lipinski definition) is 1. The van der Waals surface area contributed by atoms with Crippen LogP contribution in [-0.4, -0.2) is 31.8 Å². The summed E-state index contributed by atoms with van der Waals surface area (Å²) in [4.78, 5) is 15.3. The predicted molar refractivity (Wildman–Crippen MR) is 135 cm³/mol. The van der Waals surface area contributed by atoms with Crippen molar-refractivity contribution in [2.24, 2.45) is 0 Å². The minimum absolute atomic E-state index is 0.409. The molecule has 0 saturated carbocycles. The molecule has 1 aromatic heterocycles. The number of carbonyl (C=O) groups is 1. The molecule has 5 heteroatoms. The van der Waals surface area contributed by atoms with Crippen molar-refractivity contribution in [1.82, 2.24) is 4.98 Å². The second-order valence-corrected chi connectivity index (χ2v) is 7.69. The fourth-order valence-corrected chi connectivity index (χ4v) is 3.55. The molecular weight excluding hydrogens is 414 g/mol. The summed E-state index contributed by atoms with van der Waals surface area (Å²) in [6.07, 6.45) is 8.83. The van der Waals surface area contributed by atoms with E-state index in [1.54, 1.807) is 7.11 Å². The molecule has 0 bridgehead atoms. The van der Waals surface area contributed by atoms with E-state index < -0.39 is 5.97 Å². The molecule has 0 amide bonds. The number of methoxy groups -OCH3 is 2. The summed E-state index contributed by atoms with van der Waals surface area (Å²) in [5.41, 5.74) is 4.01. The smallest absolute Gasteiger partial charge is 0.355 e. The van der Waals surface area contributed by atoms with E-state index in [4.69, 9.17) is 14.2 Å². The number of carbonyl (C=O) groups excluding carboxylic acids is 1. The molecule has 2 aromatic carbocycles. The number of H-pyrrole nitrogens is 1. The summed E-state index contributed by atoms with van der Waals surface area (Å²) in [7, 11) is 3.00. The van der Waals surface area contributed by atoms with Crippen LogP contribution in [0.4, 0.5) is 0 Å². The van der Waals surface area contributed by atoms with Crippen molar-refractivity contribution < 1.29 is 19.0 Å². The minimum Gasteiger partial charge on any atom is -0.497 e. The van der Waals surface area contributed by atoms with E-state index >= 15 is 0 Å². The van der Waals surface area contributed by atoms with Gasteiger partial charge in [-0.05, 0) is 42.3 Å². The molecule has 0 aliphatic rings. The van der Waals surface area contributed by atoms with E-state index in [1.165, 1.54) is 39.2 Å². The van der Waals surface area contributed by atoms with Crippen LogP contribution in [0.15, 0.2) is 54.7 Å². The van der Waals surface area contributed by atoms with Gasteiger partial charge in [-0.1, -0.05) is 70.2 Å². The Labute approximate surface area is 198 Å². The third kappa shape index (κ3) is 7.41. The van der Waals surface area contributed by atoms with Crippen LogP contribution in [0.3, 0.4) is 0 Å². The topological polar surface area (TPSA) is 60.5 Å². The molecule has 3 rings (SSSR count). The SMILES string of the molecule is CCCCCCC.CCOc1ccc(-c2c(-c3ccc(OC)cc3)c[nH]c2C(=O)OC)cc1. The molecule has 33 heavy (non-hydrogen) atoms. The van der Waals surface area contributed by atoms with Gasteiger partial charge in [0.25, 0.3) is 0 Å². The number of hydrogen-bond acceptors (Lipinski definition) is 4. The summed E-state index contributed by atoms with van der Waals surface area (Å²) in [6, 6.07) is 15.4. The molecule has 178 valence electrons. The van der Waals surface area contributed by atoms with Crippen molar-refractivity contribution in [3.05, 3.63) is 60.4 Å². The van der Waals surface area contributed by atoms with Crippen LogP contribution in [0.5, 0.6) is 11.5 Å². The molecule has 3 aromatic rings. The van der Waals surface area contributed by atoms with E-state index in [0.29, 0.717) is 12.3 Å². The van der Waals surface area contributed by atoms with Gasteiger partial charge >= 0.3 is 5.97 Å². The number of ether oxygens (including phenoxy) is 3. The highest BCUT2D eigenvalue weighted by atomic mass is 16.5. The molecule has 0 fully saturated rings. The Kier molecular flexibility index (Phi) is 11.1. The van der Waals surface area contributed by atoms with E-state index in [-0.39, 0.29) is 0 Å². The molecule has 0 spiro atoms. The first-order valence-corrected chi connectivity index (χ1v) is 11.8. The number of esters is 1. The highest BCUT2D eigenvalue weighted by Gasteiger charge is 2.20. The monoisotopic (exact) mass is 451 g/mol. The van der Waals surface area contributed by atoms with Crippen molar-refractivity contribution in [2.75, 3.05) is 20.8 Å². The van der Waals surface area contributed by atoms with Crippen LogP contribution in [0.25, 0.3) is 22.3 Å². The van der Waals surface area contributed by atoms with E-state index in [2.05, 4.69) is 18.8 Å². The average molecular weight is 452 g/mol. The van der Waals surface area contributed by atoms with Crippen LogP contribution < -0.4 is 9.47 Å². The van der Waals surface area contributed by atoms with Crippen LogP contribution in [-0.2, 0) is 4.74 Å². The van der Waals surface area contributed by atoms with Gasteiger partial charge in [0.1, 0.15) is 17.2 Å². The lowest BCUT2D eigenvalue weighted by atomic mass is 9.96. The lowest BCUT2D eigenvalue weighted by molar-refractivity contribution is 0.0595. The van der Waals surface area contributed by atoms with Crippen LogP contribution >= 0.6 is 0 Å². The van der Waals surface area contributed by atoms with Gasteiger partial charge in [-0.25, -0.2) is 4.79 Å². The molecule has 0 saturated heterocycles. The fraction of sp³-hybridized carbons (Fsp3) is 0.393. The number of rotatable bonds is 10. The molecule has 1 heterocycles. The first-order chi connectivity index (χ1) is 16.1. The Morgan fingerprint density at radius 2 is 1.36 bits per heavy atom. The molecule has 5 nitrogen and oxygen atoms in total. The maximum atomic E-state index is 12.2. The summed E-state index contributed by atoms with van der Waals surface area (Å²) in [6.45, 7) is 7.04. The van der Waals surface area contributed by atoms with Crippen LogP contribution in [0, 0.1) is 0 Å². The van der Waals surface area contributed by atoms with Crippen molar-refractivity contribution >= 4 is 5.97 Å². The average Bonchev–Trinajstić information content (AvgIpc) is 3.30. The Hall–Kier alpha value is -3.21. The zero-order valence-corrected chi connectivity index (χ0v) is 20.6. The zero-order valence-electron chi connectivity index (χ0n) is 20.6. The number of aromatic amines is 1. The summed E-state index contributed by atoms with van der Waals surface area (Å²) >= 11 is 0. The van der Waals surface area contributed by atoms with Crippen molar-refractivity contribution in [1.29, 1.82) is 0 Å². The van der Waals surface area contributed by atoms with Crippen molar-refractivity contribution in [3.63, 3.8) is 0 Å². The zero-order chi connectivity index (χ0) is 24.1. The van der Waals surface area contributed by atoms with Crippen molar-refractivity contribution in [3.8, 4) is 33.8 Å². The molecule has 0 aliphatic carbocycles.